The first-order valence-electron chi connectivity index (χ1n) is 6.30. The lowest BCUT2D eigenvalue weighted by Gasteiger charge is -2.05. The van der Waals surface area contributed by atoms with Gasteiger partial charge in [0.05, 0.1) is 5.56 Å². The molecule has 0 saturated heterocycles. The van der Waals surface area contributed by atoms with E-state index in [0.29, 0.717) is 25.3 Å². The summed E-state index contributed by atoms with van der Waals surface area (Å²) < 4.78 is 4.16. The van der Waals surface area contributed by atoms with Crippen LogP contribution in [0.1, 0.15) is 19.0 Å². The van der Waals surface area contributed by atoms with Crippen LogP contribution in [0.4, 0.5) is 10.8 Å². The number of thiazole rings is 1. The molecule has 0 radical (unpaired) electrons. The first kappa shape index (κ1) is 14.7. The Morgan fingerprint density at radius 2 is 2.30 bits per heavy atom. The zero-order valence-corrected chi connectivity index (χ0v) is 13.0. The Kier molecular flexibility index (Phi) is 4.91. The zero-order chi connectivity index (χ0) is 14.5. The van der Waals surface area contributed by atoms with Gasteiger partial charge in [-0.3, -0.25) is 4.79 Å². The summed E-state index contributed by atoms with van der Waals surface area (Å²) in [5.74, 6) is 0.508. The largest absolute Gasteiger partial charge is 0.382 e. The van der Waals surface area contributed by atoms with Gasteiger partial charge in [0.2, 0.25) is 5.91 Å². The standard InChI is InChI=1S/C12H17N5OS2/c1-3-14-8(18)4-5-15-11-9(10(13)17-20-11)12-16-7(2)6-19-12/h6,15H,3-5H2,1-2H3,(H2,13,17)(H,14,18). The number of hydrogen-bond acceptors (Lipinski definition) is 7. The molecule has 0 fully saturated rings. The minimum Gasteiger partial charge on any atom is -0.382 e. The molecule has 1 amide bonds. The molecule has 2 heterocycles. The average Bonchev–Trinajstić information content (AvgIpc) is 2.96. The van der Waals surface area contributed by atoms with E-state index in [0.717, 1.165) is 21.3 Å². The maximum Gasteiger partial charge on any atom is 0.221 e. The van der Waals surface area contributed by atoms with Crippen LogP contribution < -0.4 is 16.4 Å². The number of nitrogen functional groups attached to an aromatic ring is 1. The van der Waals surface area contributed by atoms with Crippen molar-refractivity contribution in [1.29, 1.82) is 0 Å². The molecule has 2 aromatic rings. The fraction of sp³-hybridized carbons (Fsp3) is 0.417. The number of nitrogens with two attached hydrogens (primary N) is 1. The first-order valence-corrected chi connectivity index (χ1v) is 7.95. The van der Waals surface area contributed by atoms with Gasteiger partial charge >= 0.3 is 0 Å². The Morgan fingerprint density at radius 3 is 2.95 bits per heavy atom. The molecule has 0 saturated carbocycles. The molecule has 4 N–H and O–H groups in total. The predicted molar refractivity (Wildman–Crippen MR) is 84.2 cm³/mol. The minimum atomic E-state index is 0.0316. The molecule has 2 aromatic heterocycles. The number of aryl methyl sites for hydroxylation is 1. The van der Waals surface area contributed by atoms with Gasteiger partial charge in [-0.25, -0.2) is 4.98 Å². The average molecular weight is 311 g/mol. The number of hydrogen-bond donors (Lipinski definition) is 3. The Hall–Kier alpha value is -1.67. The molecule has 0 aliphatic carbocycles. The highest BCUT2D eigenvalue weighted by molar-refractivity contribution is 7.15. The molecular weight excluding hydrogens is 294 g/mol. The lowest BCUT2D eigenvalue weighted by Crippen LogP contribution is -2.24. The lowest BCUT2D eigenvalue weighted by atomic mass is 10.3. The maximum absolute atomic E-state index is 11.4. The number of aromatic nitrogens is 2. The molecule has 0 spiro atoms. The van der Waals surface area contributed by atoms with E-state index in [2.05, 4.69) is 20.0 Å². The highest BCUT2D eigenvalue weighted by Crippen LogP contribution is 2.38. The molecular formula is C12H17N5OS2. The van der Waals surface area contributed by atoms with Gasteiger partial charge in [-0.1, -0.05) is 0 Å². The van der Waals surface area contributed by atoms with Crippen LogP contribution in [0.3, 0.4) is 0 Å². The van der Waals surface area contributed by atoms with Gasteiger partial charge in [0.15, 0.2) is 0 Å². The van der Waals surface area contributed by atoms with Crippen LogP contribution in [0.15, 0.2) is 5.38 Å². The fourth-order valence-electron chi connectivity index (χ4n) is 1.67. The van der Waals surface area contributed by atoms with Crippen LogP contribution in [-0.4, -0.2) is 28.4 Å². The van der Waals surface area contributed by atoms with E-state index in [4.69, 9.17) is 5.73 Å². The SMILES string of the molecule is CCNC(=O)CCNc1snc(N)c1-c1nc(C)cs1. The molecule has 0 aliphatic rings. The number of nitrogens with zero attached hydrogens (tertiary/aromatic N) is 2. The summed E-state index contributed by atoms with van der Waals surface area (Å²) in [5, 5.41) is 9.67. The van der Waals surface area contributed by atoms with Crippen LogP contribution >= 0.6 is 22.9 Å². The van der Waals surface area contributed by atoms with Gasteiger partial charge in [-0.05, 0) is 25.4 Å². The summed E-state index contributed by atoms with van der Waals surface area (Å²) in [6.07, 6.45) is 0.419. The van der Waals surface area contributed by atoms with E-state index in [9.17, 15) is 4.79 Å². The minimum absolute atomic E-state index is 0.0316. The molecule has 0 bridgehead atoms. The van der Waals surface area contributed by atoms with Gasteiger partial charge in [0, 0.05) is 30.6 Å². The maximum atomic E-state index is 11.4. The van der Waals surface area contributed by atoms with Gasteiger partial charge in [0.1, 0.15) is 15.8 Å². The highest BCUT2D eigenvalue weighted by Gasteiger charge is 2.16. The number of carbonyl (C=O) groups is 1. The van der Waals surface area contributed by atoms with Crippen molar-refractivity contribution in [2.24, 2.45) is 0 Å². The topological polar surface area (TPSA) is 92.9 Å². The van der Waals surface area contributed by atoms with Crippen LogP contribution in [0.2, 0.25) is 0 Å². The molecule has 108 valence electrons. The molecule has 0 unspecified atom stereocenters. The van der Waals surface area contributed by atoms with Crippen molar-refractivity contribution in [3.05, 3.63) is 11.1 Å². The predicted octanol–water partition coefficient (Wildman–Crippen LogP) is 2.10. The third kappa shape index (κ3) is 3.45. The van der Waals surface area contributed by atoms with Crippen LogP contribution in [0, 0.1) is 6.92 Å². The molecule has 2 rings (SSSR count). The second kappa shape index (κ2) is 6.67. The summed E-state index contributed by atoms with van der Waals surface area (Å²) in [5.41, 5.74) is 7.71. The smallest absolute Gasteiger partial charge is 0.221 e. The summed E-state index contributed by atoms with van der Waals surface area (Å²) in [7, 11) is 0. The lowest BCUT2D eigenvalue weighted by molar-refractivity contribution is -0.120. The Balaban J connectivity index is 2.04. The summed E-state index contributed by atoms with van der Waals surface area (Å²) in [6.45, 7) is 5.04. The zero-order valence-electron chi connectivity index (χ0n) is 11.4. The van der Waals surface area contributed by atoms with E-state index in [1.165, 1.54) is 22.9 Å². The second-order valence-corrected chi connectivity index (χ2v) is 5.83. The quantitative estimate of drug-likeness (QED) is 0.759. The van der Waals surface area contributed by atoms with E-state index >= 15 is 0 Å². The first-order chi connectivity index (χ1) is 9.61. The van der Waals surface area contributed by atoms with Crippen molar-refractivity contribution in [3.8, 4) is 10.6 Å². The van der Waals surface area contributed by atoms with E-state index in [1.54, 1.807) is 0 Å². The van der Waals surface area contributed by atoms with Crippen LogP contribution in [0.5, 0.6) is 0 Å². The summed E-state index contributed by atoms with van der Waals surface area (Å²) >= 11 is 2.83. The third-order valence-corrected chi connectivity index (χ3v) is 4.36. The Bertz CT molecular complexity index is 592. The number of carbonyl (C=O) groups excluding carboxylic acids is 1. The molecule has 0 aliphatic heterocycles. The number of nitrogens with one attached hydrogen (secondary N) is 2. The van der Waals surface area contributed by atoms with E-state index in [-0.39, 0.29) is 5.91 Å². The number of amides is 1. The van der Waals surface area contributed by atoms with Gasteiger partial charge in [-0.15, -0.1) is 11.3 Å². The van der Waals surface area contributed by atoms with E-state index in [1.807, 2.05) is 19.2 Å². The second-order valence-electron chi connectivity index (χ2n) is 4.20. The summed E-state index contributed by atoms with van der Waals surface area (Å²) in [4.78, 5) is 15.8. The fourth-order valence-corrected chi connectivity index (χ4v) is 3.33. The van der Waals surface area contributed by atoms with Crippen molar-refractivity contribution in [2.45, 2.75) is 20.3 Å². The Labute approximate surface area is 125 Å². The number of rotatable bonds is 6. The Morgan fingerprint density at radius 1 is 1.50 bits per heavy atom. The summed E-state index contributed by atoms with van der Waals surface area (Å²) in [6, 6.07) is 0. The van der Waals surface area contributed by atoms with Crippen molar-refractivity contribution in [3.63, 3.8) is 0 Å². The van der Waals surface area contributed by atoms with Crippen molar-refractivity contribution < 1.29 is 4.79 Å². The van der Waals surface area contributed by atoms with Crippen molar-refractivity contribution in [1.82, 2.24) is 14.7 Å². The highest BCUT2D eigenvalue weighted by atomic mass is 32.1. The number of anilines is 2. The van der Waals surface area contributed by atoms with Gasteiger partial charge in [-0.2, -0.15) is 4.37 Å². The van der Waals surface area contributed by atoms with Crippen molar-refractivity contribution >= 4 is 39.6 Å². The van der Waals surface area contributed by atoms with Gasteiger partial charge in [0.25, 0.3) is 0 Å². The third-order valence-electron chi connectivity index (χ3n) is 2.56. The normalized spacial score (nSPS) is 10.5. The molecule has 6 nitrogen and oxygen atoms in total. The van der Waals surface area contributed by atoms with Crippen LogP contribution in [0.25, 0.3) is 10.6 Å². The molecule has 0 atom stereocenters. The molecule has 20 heavy (non-hydrogen) atoms. The van der Waals surface area contributed by atoms with Crippen LogP contribution in [-0.2, 0) is 4.79 Å². The molecule has 0 aromatic carbocycles. The van der Waals surface area contributed by atoms with Crippen molar-refractivity contribution in [2.75, 3.05) is 24.1 Å². The van der Waals surface area contributed by atoms with Gasteiger partial charge < -0.3 is 16.4 Å². The molecule has 8 heteroatoms. The van der Waals surface area contributed by atoms with E-state index < -0.39 is 0 Å². The monoisotopic (exact) mass is 311 g/mol.